The van der Waals surface area contributed by atoms with E-state index in [2.05, 4.69) is 49.7 Å². The van der Waals surface area contributed by atoms with Gasteiger partial charge < -0.3 is 60.0 Å². The third-order valence-corrected chi connectivity index (χ3v) is 9.49. The van der Waals surface area contributed by atoms with Crippen LogP contribution in [-0.4, -0.2) is 169 Å². The molecule has 20 heteroatoms. The predicted octanol–water partition coefficient (Wildman–Crippen LogP) is -1.56. The van der Waals surface area contributed by atoms with Gasteiger partial charge in [-0.3, -0.25) is 14.0 Å². The Morgan fingerprint density at radius 2 is 1.21 bits per heavy atom. The summed E-state index contributed by atoms with van der Waals surface area (Å²) in [7, 11) is -6.92. The van der Waals surface area contributed by atoms with Crippen molar-refractivity contribution in [3.05, 3.63) is 23.9 Å². The summed E-state index contributed by atoms with van der Waals surface area (Å²) in [5, 5.41) is 18.8. The van der Waals surface area contributed by atoms with Crippen LogP contribution in [0.2, 0.25) is 0 Å². The fourth-order valence-corrected chi connectivity index (χ4v) is 6.47. The molecule has 17 nitrogen and oxygen atoms in total. The van der Waals surface area contributed by atoms with Gasteiger partial charge in [-0.05, 0) is 26.8 Å². The molecule has 2 rings (SSSR count). The van der Waals surface area contributed by atoms with Crippen molar-refractivity contribution in [2.45, 2.75) is 13.8 Å². The molecule has 1 unspecified atom stereocenters. The van der Waals surface area contributed by atoms with E-state index in [1.807, 2.05) is 20.3 Å². The number of amides is 1. The minimum atomic E-state index is -3.88. The van der Waals surface area contributed by atoms with Crippen LogP contribution < -0.4 is 20.9 Å². The Morgan fingerprint density at radius 3 is 1.70 bits per heavy atom. The van der Waals surface area contributed by atoms with Gasteiger partial charge in [0.15, 0.2) is 0 Å². The van der Waals surface area contributed by atoms with Crippen molar-refractivity contribution < 1.29 is 68.0 Å². The number of rotatable bonds is 11. The molecule has 0 saturated carbocycles. The van der Waals surface area contributed by atoms with Crippen LogP contribution in [0, 0.1) is 13.3 Å². The number of nitrogens with one attached hydrogen (secondary N) is 4. The Hall–Kier alpha value is -0.182. The van der Waals surface area contributed by atoms with Crippen molar-refractivity contribution in [3.63, 3.8) is 0 Å². The zero-order valence-electron chi connectivity index (χ0n) is 27.9. The van der Waals surface area contributed by atoms with Crippen molar-refractivity contribution in [1.29, 1.82) is 0 Å². The molecule has 47 heavy (non-hydrogen) atoms. The van der Waals surface area contributed by atoms with Crippen LogP contribution in [0.3, 0.4) is 0 Å². The maximum Gasteiger partial charge on any atom is 2.00 e. The largest absolute Gasteiger partial charge is 2.00 e. The van der Waals surface area contributed by atoms with Crippen LogP contribution in [0.1, 0.15) is 13.8 Å². The molecule has 0 aliphatic carbocycles. The topological polar surface area (TPSA) is 225 Å². The van der Waals surface area contributed by atoms with E-state index < -0.39 is 15.2 Å². The van der Waals surface area contributed by atoms with E-state index >= 15 is 0 Å². The van der Waals surface area contributed by atoms with Crippen molar-refractivity contribution in [1.82, 2.24) is 25.8 Å². The molecule has 2 heterocycles. The first-order valence-electron chi connectivity index (χ1n) is 15.6. The molecule has 2 saturated heterocycles. The number of hydrogen-bond donors (Lipinski definition) is 6. The second kappa shape index (κ2) is 35.6. The smallest absolute Gasteiger partial charge is 2.00 e. The van der Waals surface area contributed by atoms with Crippen LogP contribution in [0.4, 0.5) is 0 Å². The molecule has 0 radical (unpaired) electrons. The Bertz CT molecular complexity index is 834. The fourth-order valence-electron chi connectivity index (χ4n) is 4.28. The van der Waals surface area contributed by atoms with Gasteiger partial charge in [0.1, 0.15) is 0 Å². The van der Waals surface area contributed by atoms with Crippen LogP contribution in [0.15, 0.2) is 0 Å². The molecule has 274 valence electrons. The van der Waals surface area contributed by atoms with Gasteiger partial charge in [0.2, 0.25) is 0 Å². The number of quaternary nitrogens is 1. The summed E-state index contributed by atoms with van der Waals surface area (Å²) in [6.45, 7) is 27.1. The number of carbonyl (C=O) groups excluding carboxylic acids is 1. The third-order valence-electron chi connectivity index (χ3n) is 6.65. The number of nitrogens with zero attached hydrogens (tertiary/aromatic N) is 4. The predicted molar refractivity (Wildman–Crippen MR) is 175 cm³/mol. The summed E-state index contributed by atoms with van der Waals surface area (Å²) < 4.78 is 49.1. The summed E-state index contributed by atoms with van der Waals surface area (Å²) in [5.74, 6) is 0. The van der Waals surface area contributed by atoms with Gasteiger partial charge in [-0.1, -0.05) is 6.54 Å². The fraction of sp³-hybridized carbons (Fsp3) is 0.889. The van der Waals surface area contributed by atoms with E-state index in [9.17, 15) is 13.9 Å². The molecular weight excluding hydrogens is 738 g/mol. The molecule has 1 atom stereocenters. The second-order valence-corrected chi connectivity index (χ2v) is 14.0. The molecule has 0 aromatic carbocycles. The van der Waals surface area contributed by atoms with Crippen molar-refractivity contribution >= 4 is 21.6 Å². The molecule has 0 aromatic rings. The van der Waals surface area contributed by atoms with Crippen molar-refractivity contribution in [2.75, 3.05) is 143 Å². The van der Waals surface area contributed by atoms with Crippen molar-refractivity contribution in [2.24, 2.45) is 0 Å². The van der Waals surface area contributed by atoms with Crippen LogP contribution in [0.25, 0.3) is 10.6 Å². The van der Waals surface area contributed by atoms with E-state index in [1.165, 1.54) is 0 Å². The van der Waals surface area contributed by atoms with Crippen molar-refractivity contribution in [3.8, 4) is 0 Å². The first-order chi connectivity index (χ1) is 22.2. The molecule has 2 fully saturated rings. The quantitative estimate of drug-likeness (QED) is 0.0605. The Labute approximate surface area is 295 Å². The summed E-state index contributed by atoms with van der Waals surface area (Å²) in [6.07, 6.45) is 2.33. The molecule has 0 bridgehead atoms. The SMILES string of the molecule is CCOP(=O)(CCN1CC[N-]CC[N-]CC[NH+]([C-]=O)CC1)OCC.O=P(O)(O)CCN1CCNCCNCCNCC1.[C-]#[O+].[C-]#[O+].[Mo+2]. The van der Waals surface area contributed by atoms with Gasteiger partial charge in [-0.25, -0.2) is 0 Å². The summed E-state index contributed by atoms with van der Waals surface area (Å²) >= 11 is 0. The first-order valence-corrected chi connectivity index (χ1v) is 19.1. The molecule has 2 aliphatic rings. The maximum atomic E-state index is 12.6. The molecule has 0 spiro atoms. The van der Waals surface area contributed by atoms with E-state index in [1.54, 1.807) is 0 Å². The first kappa shape index (κ1) is 51.2. The average Bonchev–Trinajstić information content (AvgIpc) is 3.03. The van der Waals surface area contributed by atoms with Gasteiger partial charge >= 0.3 is 58.9 Å². The van der Waals surface area contributed by atoms with E-state index in [0.29, 0.717) is 71.7 Å². The van der Waals surface area contributed by atoms with Crippen LogP contribution in [0.5, 0.6) is 0 Å². The van der Waals surface area contributed by atoms with Gasteiger partial charge in [-0.2, -0.15) is 13.1 Å². The minimum Gasteiger partial charge on any atom is 2.00 e. The molecule has 2 aliphatic heterocycles. The van der Waals surface area contributed by atoms with E-state index in [-0.39, 0.29) is 27.2 Å². The zero-order valence-corrected chi connectivity index (χ0v) is 31.7. The Morgan fingerprint density at radius 1 is 0.745 bits per heavy atom. The molecular formula is C27H56MoN8O9P2. The van der Waals surface area contributed by atoms with Gasteiger partial charge in [0, 0.05) is 78.5 Å². The molecule has 6 N–H and O–H groups in total. The van der Waals surface area contributed by atoms with E-state index in [4.69, 9.17) is 28.1 Å². The average molecular weight is 795 g/mol. The van der Waals surface area contributed by atoms with Gasteiger partial charge in [-0.15, -0.1) is 6.54 Å². The maximum absolute atomic E-state index is 12.6. The van der Waals surface area contributed by atoms with Crippen LogP contribution >= 0.6 is 15.2 Å². The zero-order chi connectivity index (χ0) is 34.9. The minimum absolute atomic E-state index is 0. The summed E-state index contributed by atoms with van der Waals surface area (Å²) in [5.41, 5.74) is 0. The monoisotopic (exact) mass is 796 g/mol. The summed E-state index contributed by atoms with van der Waals surface area (Å²) in [4.78, 5) is 33.9. The van der Waals surface area contributed by atoms with E-state index in [0.717, 1.165) is 70.3 Å². The van der Waals surface area contributed by atoms with Crippen LogP contribution in [-0.2, 0) is 53.3 Å². The third kappa shape index (κ3) is 32.8. The van der Waals surface area contributed by atoms with Gasteiger partial charge in [0.25, 0.3) is 0 Å². The molecule has 1 amide bonds. The number of hydrogen-bond acceptors (Lipinski definition) is 10. The standard InChI is InChI=1S/C15H31N4O4P.C10H25N4O3P.2CO.Mo/c1-3-22-24(21,23-4-2)14-13-18-9-7-16-5-6-17-8-10-19(15-20)12-11-18;15-18(16,17)10-9-14-7-5-12-3-1-11-2-4-13-6-8-14;2*1-2;/h19H,3-14H2,1-2H3;11-13H,1-10H2,(H2,15,16,17);;;/q-2;;;;+2. The summed E-state index contributed by atoms with van der Waals surface area (Å²) in [6, 6.07) is 0. The van der Waals surface area contributed by atoms with Gasteiger partial charge in [0.05, 0.1) is 32.1 Å². The second-order valence-electron chi connectivity index (χ2n) is 10.0. The Kier molecular flexibility index (Phi) is 38.8. The normalized spacial score (nSPS) is 20.0. The molecule has 0 aromatic heterocycles. The Balaban J connectivity index is -0.000000752.